The number of likely N-dealkylation sites (tertiary alicyclic amines) is 1. The van der Waals surface area contributed by atoms with Gasteiger partial charge in [-0.2, -0.15) is 0 Å². The Balaban J connectivity index is 1.73. The molecule has 0 radical (unpaired) electrons. The summed E-state index contributed by atoms with van der Waals surface area (Å²) in [5.74, 6) is -0.127. The minimum Gasteiger partial charge on any atom is -0.494 e. The number of hydrogen-bond donors (Lipinski definition) is 0. The van der Waals surface area contributed by atoms with Gasteiger partial charge in [0.15, 0.2) is 0 Å². The summed E-state index contributed by atoms with van der Waals surface area (Å²) in [6, 6.07) is 11.1. The number of hydrogen-bond acceptors (Lipinski definition) is 3. The van der Waals surface area contributed by atoms with Gasteiger partial charge in [0.05, 0.1) is 6.61 Å². The molecule has 0 saturated carbocycles. The van der Waals surface area contributed by atoms with E-state index in [0.29, 0.717) is 31.1 Å². The highest BCUT2D eigenvalue weighted by atomic mass is 19.1. The first-order valence-corrected chi connectivity index (χ1v) is 10.6. The first kappa shape index (κ1) is 22.2. The van der Waals surface area contributed by atoms with Crippen molar-refractivity contribution < 1.29 is 18.3 Å². The van der Waals surface area contributed by atoms with Gasteiger partial charge in [0.1, 0.15) is 17.4 Å². The van der Waals surface area contributed by atoms with Crippen LogP contribution in [0.15, 0.2) is 42.5 Å². The molecule has 1 aliphatic rings. The number of piperidine rings is 1. The molecule has 0 aliphatic carbocycles. The minimum absolute atomic E-state index is 0.00200. The van der Waals surface area contributed by atoms with Crippen molar-refractivity contribution in [3.63, 3.8) is 0 Å². The molecule has 4 nitrogen and oxygen atoms in total. The highest BCUT2D eigenvalue weighted by Crippen LogP contribution is 2.23. The summed E-state index contributed by atoms with van der Waals surface area (Å²) in [6.07, 6.45) is 2.43. The fraction of sp³-hybridized carbons (Fsp3) is 0.458. The molecule has 1 amide bonds. The lowest BCUT2D eigenvalue weighted by atomic mass is 9.93. The fourth-order valence-corrected chi connectivity index (χ4v) is 3.81. The largest absolute Gasteiger partial charge is 0.494 e. The van der Waals surface area contributed by atoms with E-state index < -0.39 is 11.6 Å². The van der Waals surface area contributed by atoms with Gasteiger partial charge in [0.25, 0.3) is 0 Å². The number of rotatable bonds is 8. The van der Waals surface area contributed by atoms with Crippen LogP contribution in [0.4, 0.5) is 8.78 Å². The summed E-state index contributed by atoms with van der Waals surface area (Å²) in [5.41, 5.74) is 1.26. The van der Waals surface area contributed by atoms with Gasteiger partial charge < -0.3 is 14.5 Å². The smallest absolute Gasteiger partial charge is 0.223 e. The summed E-state index contributed by atoms with van der Waals surface area (Å²) >= 11 is 0. The van der Waals surface area contributed by atoms with Crippen LogP contribution in [0.5, 0.6) is 5.75 Å². The van der Waals surface area contributed by atoms with Crippen molar-refractivity contribution in [3.8, 4) is 5.75 Å². The van der Waals surface area contributed by atoms with E-state index >= 15 is 0 Å². The zero-order valence-corrected chi connectivity index (χ0v) is 17.7. The zero-order chi connectivity index (χ0) is 21.5. The maximum atomic E-state index is 14.3. The molecule has 2 aromatic rings. The third kappa shape index (κ3) is 6.26. The molecule has 1 aliphatic heterocycles. The van der Waals surface area contributed by atoms with Crippen molar-refractivity contribution in [2.45, 2.75) is 39.3 Å². The van der Waals surface area contributed by atoms with E-state index in [0.717, 1.165) is 43.3 Å². The second kappa shape index (κ2) is 10.5. The molecule has 1 fully saturated rings. The Hall–Kier alpha value is -2.47. The highest BCUT2D eigenvalue weighted by Gasteiger charge is 2.23. The molecule has 162 valence electrons. The number of carbonyl (C=O) groups is 1. The van der Waals surface area contributed by atoms with Gasteiger partial charge in [0, 0.05) is 31.1 Å². The quantitative estimate of drug-likeness (QED) is 0.629. The number of carbonyl (C=O) groups excluding carboxylic acids is 1. The molecular formula is C24H30F2N2O2. The average Bonchev–Trinajstić information content (AvgIpc) is 2.72. The normalized spacial score (nSPS) is 15.2. The second-order valence-electron chi connectivity index (χ2n) is 8.01. The molecule has 1 saturated heterocycles. The maximum Gasteiger partial charge on any atom is 0.223 e. The first-order chi connectivity index (χ1) is 14.4. The first-order valence-electron chi connectivity index (χ1n) is 10.6. The second-order valence-corrected chi connectivity index (χ2v) is 8.01. The van der Waals surface area contributed by atoms with Gasteiger partial charge in [-0.1, -0.05) is 18.2 Å². The lowest BCUT2D eigenvalue weighted by Gasteiger charge is -2.31. The molecule has 0 bridgehead atoms. The summed E-state index contributed by atoms with van der Waals surface area (Å²) in [5, 5.41) is 0. The SMILES string of the molecule is CCOc1ccc(CN(Cc2ccc(F)cc2F)C(=O)CC2CCN(C)CC2)cc1. The van der Waals surface area contributed by atoms with Crippen LogP contribution >= 0.6 is 0 Å². The van der Waals surface area contributed by atoms with Crippen LogP contribution in [0, 0.1) is 17.6 Å². The molecular weight excluding hydrogens is 386 g/mol. The Bertz CT molecular complexity index is 834. The van der Waals surface area contributed by atoms with E-state index in [9.17, 15) is 13.6 Å². The van der Waals surface area contributed by atoms with E-state index in [1.807, 2.05) is 31.2 Å². The van der Waals surface area contributed by atoms with Gasteiger partial charge in [-0.15, -0.1) is 0 Å². The number of halogens is 2. The van der Waals surface area contributed by atoms with Crippen LogP contribution < -0.4 is 4.74 Å². The van der Waals surface area contributed by atoms with Gasteiger partial charge in [-0.25, -0.2) is 8.78 Å². The van der Waals surface area contributed by atoms with Crippen LogP contribution in [0.1, 0.15) is 37.3 Å². The van der Waals surface area contributed by atoms with E-state index in [4.69, 9.17) is 4.74 Å². The molecule has 0 spiro atoms. The monoisotopic (exact) mass is 416 g/mol. The van der Waals surface area contributed by atoms with Crippen LogP contribution in [0.25, 0.3) is 0 Å². The molecule has 3 rings (SSSR count). The van der Waals surface area contributed by atoms with Crippen molar-refractivity contribution in [2.75, 3.05) is 26.7 Å². The minimum atomic E-state index is -0.626. The van der Waals surface area contributed by atoms with Crippen molar-refractivity contribution in [2.24, 2.45) is 5.92 Å². The average molecular weight is 417 g/mol. The van der Waals surface area contributed by atoms with Crippen molar-refractivity contribution in [3.05, 3.63) is 65.2 Å². The summed E-state index contributed by atoms with van der Waals surface area (Å²) in [4.78, 5) is 17.1. The number of nitrogens with zero attached hydrogens (tertiary/aromatic N) is 2. The number of amides is 1. The third-order valence-electron chi connectivity index (χ3n) is 5.64. The van der Waals surface area contributed by atoms with E-state index in [2.05, 4.69) is 11.9 Å². The van der Waals surface area contributed by atoms with Crippen LogP contribution in [-0.4, -0.2) is 42.5 Å². The lowest BCUT2D eigenvalue weighted by molar-refractivity contribution is -0.133. The van der Waals surface area contributed by atoms with Crippen LogP contribution in [0.3, 0.4) is 0 Å². The topological polar surface area (TPSA) is 32.8 Å². The molecule has 30 heavy (non-hydrogen) atoms. The predicted octanol–water partition coefficient (Wildman–Crippen LogP) is 4.62. The Morgan fingerprint density at radius 2 is 1.80 bits per heavy atom. The zero-order valence-electron chi connectivity index (χ0n) is 17.7. The van der Waals surface area contributed by atoms with E-state index in [-0.39, 0.29) is 12.5 Å². The predicted molar refractivity (Wildman–Crippen MR) is 113 cm³/mol. The van der Waals surface area contributed by atoms with Crippen molar-refractivity contribution in [1.82, 2.24) is 9.80 Å². The van der Waals surface area contributed by atoms with Gasteiger partial charge in [-0.3, -0.25) is 4.79 Å². The molecule has 0 N–H and O–H groups in total. The van der Waals surface area contributed by atoms with Crippen LogP contribution in [0.2, 0.25) is 0 Å². The van der Waals surface area contributed by atoms with Crippen molar-refractivity contribution in [1.29, 1.82) is 0 Å². The van der Waals surface area contributed by atoms with E-state index in [1.54, 1.807) is 4.90 Å². The molecule has 0 unspecified atom stereocenters. The number of ether oxygens (including phenoxy) is 1. The Morgan fingerprint density at radius 1 is 1.10 bits per heavy atom. The molecule has 2 aromatic carbocycles. The van der Waals surface area contributed by atoms with Gasteiger partial charge in [-0.05, 0) is 69.6 Å². The summed E-state index contributed by atoms with van der Waals surface area (Å²) in [7, 11) is 2.09. The highest BCUT2D eigenvalue weighted by molar-refractivity contribution is 5.76. The molecule has 1 heterocycles. The van der Waals surface area contributed by atoms with Crippen LogP contribution in [-0.2, 0) is 17.9 Å². The Kier molecular flexibility index (Phi) is 7.80. The van der Waals surface area contributed by atoms with Gasteiger partial charge >= 0.3 is 0 Å². The third-order valence-corrected chi connectivity index (χ3v) is 5.64. The lowest BCUT2D eigenvalue weighted by Crippen LogP contribution is -2.35. The molecule has 6 heteroatoms. The molecule has 0 atom stereocenters. The Morgan fingerprint density at radius 3 is 2.43 bits per heavy atom. The summed E-state index contributed by atoms with van der Waals surface area (Å²) < 4.78 is 33.0. The van der Waals surface area contributed by atoms with Gasteiger partial charge in [0.2, 0.25) is 5.91 Å². The standard InChI is InChI=1S/C24H30F2N2O2/c1-3-30-22-8-4-19(5-9-22)16-28(17-20-6-7-21(25)15-23(20)26)24(29)14-18-10-12-27(2)13-11-18/h4-9,15,18H,3,10-14,16-17H2,1-2H3. The summed E-state index contributed by atoms with van der Waals surface area (Å²) in [6.45, 7) is 4.98. The maximum absolute atomic E-state index is 14.3. The van der Waals surface area contributed by atoms with Crippen molar-refractivity contribution >= 4 is 5.91 Å². The Labute approximate surface area is 177 Å². The van der Waals surface area contributed by atoms with E-state index in [1.165, 1.54) is 12.1 Å². The number of benzene rings is 2. The molecule has 0 aromatic heterocycles. The fourth-order valence-electron chi connectivity index (χ4n) is 3.81.